The molecule has 0 saturated carbocycles. The summed E-state index contributed by atoms with van der Waals surface area (Å²) in [5, 5.41) is 11.6. The van der Waals surface area contributed by atoms with Gasteiger partial charge in [-0.15, -0.1) is 0 Å². The SMILES string of the molecule is COc1ccc(-c2n[nH]c(=S)n2/N=C\c2ccc(C(C)(C)C)cc2)cc1. The third-order valence-electron chi connectivity index (χ3n) is 4.10. The predicted octanol–water partition coefficient (Wildman–Crippen LogP) is 4.80. The van der Waals surface area contributed by atoms with Crippen LogP contribution in [0.25, 0.3) is 11.4 Å². The molecule has 1 heterocycles. The quantitative estimate of drug-likeness (QED) is 0.533. The summed E-state index contributed by atoms with van der Waals surface area (Å²) in [6, 6.07) is 16.0. The predicted molar refractivity (Wildman–Crippen MR) is 108 cm³/mol. The minimum absolute atomic E-state index is 0.129. The highest BCUT2D eigenvalue weighted by atomic mass is 32.1. The van der Waals surface area contributed by atoms with E-state index < -0.39 is 0 Å². The molecule has 6 heteroatoms. The summed E-state index contributed by atoms with van der Waals surface area (Å²) < 4.78 is 7.26. The molecule has 0 fully saturated rings. The maximum Gasteiger partial charge on any atom is 0.216 e. The van der Waals surface area contributed by atoms with Crippen LogP contribution in [0.5, 0.6) is 5.75 Å². The summed E-state index contributed by atoms with van der Waals surface area (Å²) in [6.45, 7) is 6.59. The molecule has 5 nitrogen and oxygen atoms in total. The first-order valence-corrected chi connectivity index (χ1v) is 8.76. The summed E-state index contributed by atoms with van der Waals surface area (Å²) in [5.41, 5.74) is 3.32. The number of rotatable bonds is 4. The first-order chi connectivity index (χ1) is 12.4. The molecule has 1 aromatic heterocycles. The van der Waals surface area contributed by atoms with Gasteiger partial charge >= 0.3 is 0 Å². The normalized spacial score (nSPS) is 11.8. The third-order valence-corrected chi connectivity index (χ3v) is 4.36. The van der Waals surface area contributed by atoms with Crippen molar-refractivity contribution < 1.29 is 4.74 Å². The van der Waals surface area contributed by atoms with Crippen molar-refractivity contribution in [2.24, 2.45) is 5.10 Å². The highest BCUT2D eigenvalue weighted by molar-refractivity contribution is 7.71. The molecule has 0 aliphatic heterocycles. The van der Waals surface area contributed by atoms with Crippen LogP contribution in [0.15, 0.2) is 53.6 Å². The van der Waals surface area contributed by atoms with Gasteiger partial charge in [-0.3, -0.25) is 0 Å². The molecule has 0 saturated heterocycles. The molecule has 0 radical (unpaired) electrons. The van der Waals surface area contributed by atoms with Gasteiger partial charge in [0.15, 0.2) is 5.82 Å². The topological polar surface area (TPSA) is 55.2 Å². The van der Waals surface area contributed by atoms with E-state index in [0.29, 0.717) is 10.6 Å². The number of hydrogen-bond donors (Lipinski definition) is 1. The Bertz CT molecular complexity index is 961. The number of hydrogen-bond acceptors (Lipinski definition) is 4. The molecule has 0 spiro atoms. The summed E-state index contributed by atoms with van der Waals surface area (Å²) in [6.07, 6.45) is 1.78. The minimum Gasteiger partial charge on any atom is -0.497 e. The van der Waals surface area contributed by atoms with E-state index in [1.165, 1.54) is 5.56 Å². The average Bonchev–Trinajstić information content (AvgIpc) is 3.00. The van der Waals surface area contributed by atoms with E-state index in [1.54, 1.807) is 18.0 Å². The number of benzene rings is 2. The lowest BCUT2D eigenvalue weighted by atomic mass is 9.87. The van der Waals surface area contributed by atoms with Crippen molar-refractivity contribution in [3.63, 3.8) is 0 Å². The van der Waals surface area contributed by atoms with Gasteiger partial charge in [0.05, 0.1) is 13.3 Å². The zero-order valence-electron chi connectivity index (χ0n) is 15.4. The monoisotopic (exact) mass is 366 g/mol. The number of methoxy groups -OCH3 is 1. The number of nitrogens with one attached hydrogen (secondary N) is 1. The van der Waals surface area contributed by atoms with Crippen LogP contribution < -0.4 is 4.74 Å². The zero-order valence-corrected chi connectivity index (χ0v) is 16.2. The number of aromatic amines is 1. The fourth-order valence-electron chi connectivity index (χ4n) is 2.52. The number of aromatic nitrogens is 3. The Balaban J connectivity index is 1.89. The van der Waals surface area contributed by atoms with Crippen LogP contribution in [-0.2, 0) is 5.41 Å². The van der Waals surface area contributed by atoms with Crippen LogP contribution in [-0.4, -0.2) is 28.2 Å². The molecule has 2 aromatic carbocycles. The summed E-state index contributed by atoms with van der Waals surface area (Å²) in [5.74, 6) is 1.44. The molecular formula is C20H22N4OS. The molecule has 134 valence electrons. The first kappa shape index (κ1) is 18.1. The highest BCUT2D eigenvalue weighted by Crippen LogP contribution is 2.22. The lowest BCUT2D eigenvalue weighted by molar-refractivity contribution is 0.415. The van der Waals surface area contributed by atoms with Gasteiger partial charge in [0, 0.05) is 5.56 Å². The van der Waals surface area contributed by atoms with Crippen molar-refractivity contribution in [3.05, 3.63) is 64.4 Å². The second kappa shape index (κ2) is 7.25. The Morgan fingerprint density at radius 2 is 1.73 bits per heavy atom. The van der Waals surface area contributed by atoms with Crippen molar-refractivity contribution in [2.45, 2.75) is 26.2 Å². The highest BCUT2D eigenvalue weighted by Gasteiger charge is 2.12. The van der Waals surface area contributed by atoms with Gasteiger partial charge < -0.3 is 4.74 Å². The van der Waals surface area contributed by atoms with Gasteiger partial charge in [-0.25, -0.2) is 5.10 Å². The lowest BCUT2D eigenvalue weighted by Crippen LogP contribution is -2.10. The minimum atomic E-state index is 0.129. The van der Waals surface area contributed by atoms with Gasteiger partial charge in [-0.05, 0) is 53.0 Å². The number of nitrogens with zero attached hydrogens (tertiary/aromatic N) is 3. The first-order valence-electron chi connectivity index (χ1n) is 8.35. The fraction of sp³-hybridized carbons (Fsp3) is 0.250. The van der Waals surface area contributed by atoms with Gasteiger partial charge in [0.2, 0.25) is 4.77 Å². The second-order valence-electron chi connectivity index (χ2n) is 7.01. The standard InChI is InChI=1S/C20H22N4OS/c1-20(2,3)16-9-5-14(6-10-16)13-21-24-18(22-23-19(24)26)15-7-11-17(25-4)12-8-15/h5-13H,1-4H3,(H,23,26)/b21-13-. The van der Waals surface area contributed by atoms with Crippen LogP contribution in [0.2, 0.25) is 0 Å². The molecule has 0 bridgehead atoms. The Morgan fingerprint density at radius 3 is 2.31 bits per heavy atom. The fourth-order valence-corrected chi connectivity index (χ4v) is 2.70. The van der Waals surface area contributed by atoms with Crippen LogP contribution >= 0.6 is 12.2 Å². The van der Waals surface area contributed by atoms with E-state index in [2.05, 4.69) is 60.3 Å². The van der Waals surface area contributed by atoms with Crippen LogP contribution in [0.3, 0.4) is 0 Å². The Morgan fingerprint density at radius 1 is 1.08 bits per heavy atom. The van der Waals surface area contributed by atoms with Gasteiger partial charge in [-0.1, -0.05) is 45.0 Å². The molecule has 0 amide bonds. The molecule has 3 rings (SSSR count). The molecule has 3 aromatic rings. The van der Waals surface area contributed by atoms with Crippen LogP contribution in [0.4, 0.5) is 0 Å². The summed E-state index contributed by atoms with van der Waals surface area (Å²) in [7, 11) is 1.64. The molecule has 26 heavy (non-hydrogen) atoms. The largest absolute Gasteiger partial charge is 0.497 e. The lowest BCUT2D eigenvalue weighted by Gasteiger charge is -2.18. The van der Waals surface area contributed by atoms with Crippen molar-refractivity contribution in [1.82, 2.24) is 14.9 Å². The average molecular weight is 366 g/mol. The van der Waals surface area contributed by atoms with Crippen molar-refractivity contribution in [1.29, 1.82) is 0 Å². The molecule has 0 aliphatic carbocycles. The summed E-state index contributed by atoms with van der Waals surface area (Å²) in [4.78, 5) is 0. The smallest absolute Gasteiger partial charge is 0.216 e. The molecule has 0 aliphatic rings. The Kier molecular flexibility index (Phi) is 5.04. The van der Waals surface area contributed by atoms with E-state index in [1.807, 2.05) is 24.3 Å². The Hall–Kier alpha value is -2.73. The number of H-pyrrole nitrogens is 1. The van der Waals surface area contributed by atoms with E-state index >= 15 is 0 Å². The maximum absolute atomic E-state index is 5.31. The Labute approximate surface area is 158 Å². The van der Waals surface area contributed by atoms with E-state index in [-0.39, 0.29) is 5.41 Å². The molecular weight excluding hydrogens is 344 g/mol. The summed E-state index contributed by atoms with van der Waals surface area (Å²) >= 11 is 5.31. The van der Waals surface area contributed by atoms with Crippen molar-refractivity contribution in [3.8, 4) is 17.1 Å². The van der Waals surface area contributed by atoms with E-state index in [0.717, 1.165) is 16.9 Å². The van der Waals surface area contributed by atoms with Gasteiger partial charge in [0.1, 0.15) is 5.75 Å². The van der Waals surface area contributed by atoms with Crippen LogP contribution in [0.1, 0.15) is 31.9 Å². The van der Waals surface area contributed by atoms with Gasteiger partial charge in [0.25, 0.3) is 0 Å². The van der Waals surface area contributed by atoms with E-state index in [4.69, 9.17) is 17.0 Å². The zero-order chi connectivity index (χ0) is 18.7. The second-order valence-corrected chi connectivity index (χ2v) is 7.40. The van der Waals surface area contributed by atoms with Gasteiger partial charge in [-0.2, -0.15) is 14.9 Å². The molecule has 1 N–H and O–H groups in total. The maximum atomic E-state index is 5.31. The van der Waals surface area contributed by atoms with Crippen LogP contribution in [0, 0.1) is 4.77 Å². The third kappa shape index (κ3) is 3.91. The molecule has 0 unspecified atom stereocenters. The van der Waals surface area contributed by atoms with Crippen molar-refractivity contribution >= 4 is 18.4 Å². The van der Waals surface area contributed by atoms with Crippen molar-refractivity contribution in [2.75, 3.05) is 7.11 Å². The molecule has 0 atom stereocenters. The van der Waals surface area contributed by atoms with E-state index in [9.17, 15) is 0 Å². The number of ether oxygens (including phenoxy) is 1.